The minimum Gasteiger partial charge on any atom is -0.465 e. The number of amides is 1. The molecule has 0 aromatic heterocycles. The van der Waals surface area contributed by atoms with Crippen LogP contribution in [-0.2, 0) is 9.53 Å². The summed E-state index contributed by atoms with van der Waals surface area (Å²) in [5.41, 5.74) is 1.72. The van der Waals surface area contributed by atoms with Crippen LogP contribution in [0.15, 0.2) is 24.3 Å². The number of methoxy groups -OCH3 is 1. The number of carbonyl (C=O) groups is 2. The van der Waals surface area contributed by atoms with Crippen LogP contribution in [0, 0.1) is 6.92 Å². The highest BCUT2D eigenvalue weighted by molar-refractivity contribution is 5.94. The first-order valence-corrected chi connectivity index (χ1v) is 5.37. The van der Waals surface area contributed by atoms with Gasteiger partial charge in [-0.3, -0.25) is 4.79 Å². The molecule has 0 radical (unpaired) electrons. The highest BCUT2D eigenvalue weighted by Gasteiger charge is 2.06. The Labute approximate surface area is 100 Å². The van der Waals surface area contributed by atoms with Crippen molar-refractivity contribution in [2.24, 2.45) is 0 Å². The van der Waals surface area contributed by atoms with Crippen molar-refractivity contribution >= 4 is 11.9 Å². The molecule has 5 nitrogen and oxygen atoms in total. The third-order valence-electron chi connectivity index (χ3n) is 2.26. The maximum absolute atomic E-state index is 11.6. The highest BCUT2D eigenvalue weighted by Crippen LogP contribution is 2.02. The summed E-state index contributed by atoms with van der Waals surface area (Å²) in [5, 5.41) is 4.36. The van der Waals surface area contributed by atoms with Crippen molar-refractivity contribution in [1.82, 2.24) is 5.32 Å². The van der Waals surface area contributed by atoms with Crippen molar-refractivity contribution in [1.29, 1.82) is 0 Å². The van der Waals surface area contributed by atoms with Gasteiger partial charge in [-0.2, -0.15) is 0 Å². The lowest BCUT2D eigenvalue weighted by atomic mass is 10.1. The average molecular weight is 237 g/mol. The van der Waals surface area contributed by atoms with E-state index in [2.05, 4.69) is 10.1 Å². The topological polar surface area (TPSA) is 72.0 Å². The molecule has 3 N–H and O–H groups in total. The predicted molar refractivity (Wildman–Crippen MR) is 62.3 cm³/mol. The molecule has 0 atom stereocenters. The lowest BCUT2D eigenvalue weighted by Crippen LogP contribution is -2.89. The second-order valence-electron chi connectivity index (χ2n) is 3.64. The van der Waals surface area contributed by atoms with Gasteiger partial charge in [-0.05, 0) is 19.1 Å². The number of ether oxygens (including phenoxy) is 1. The summed E-state index contributed by atoms with van der Waals surface area (Å²) in [6.07, 6.45) is 0. The first-order chi connectivity index (χ1) is 8.13. The van der Waals surface area contributed by atoms with Gasteiger partial charge in [-0.1, -0.05) is 17.7 Å². The summed E-state index contributed by atoms with van der Waals surface area (Å²) >= 11 is 0. The second kappa shape index (κ2) is 6.65. The molecule has 0 bridgehead atoms. The number of rotatable bonds is 5. The molecule has 1 aromatic rings. The lowest BCUT2D eigenvalue weighted by molar-refractivity contribution is -0.647. The molecular formula is C12H17N2O3+. The average Bonchev–Trinajstić information content (AvgIpc) is 2.34. The van der Waals surface area contributed by atoms with E-state index in [0.29, 0.717) is 12.2 Å². The van der Waals surface area contributed by atoms with E-state index in [1.165, 1.54) is 7.11 Å². The van der Waals surface area contributed by atoms with Gasteiger partial charge in [0.2, 0.25) is 0 Å². The van der Waals surface area contributed by atoms with Gasteiger partial charge in [0.1, 0.15) is 0 Å². The molecule has 92 valence electrons. The van der Waals surface area contributed by atoms with E-state index < -0.39 is 0 Å². The first kappa shape index (κ1) is 13.2. The van der Waals surface area contributed by atoms with E-state index in [4.69, 9.17) is 0 Å². The molecule has 0 aliphatic rings. The molecule has 0 spiro atoms. The number of quaternary nitrogens is 1. The minimum absolute atomic E-state index is 0.147. The van der Waals surface area contributed by atoms with Crippen molar-refractivity contribution in [3.8, 4) is 0 Å². The van der Waals surface area contributed by atoms with Gasteiger partial charge in [0, 0.05) is 5.56 Å². The molecule has 1 amide bonds. The van der Waals surface area contributed by atoms with Crippen LogP contribution < -0.4 is 10.6 Å². The molecule has 0 saturated heterocycles. The smallest absolute Gasteiger partial charge is 0.361 e. The number of hydrogen-bond acceptors (Lipinski definition) is 3. The molecule has 0 fully saturated rings. The Morgan fingerprint density at radius 3 is 2.53 bits per heavy atom. The highest BCUT2D eigenvalue weighted by atomic mass is 16.5. The largest absolute Gasteiger partial charge is 0.465 e. The summed E-state index contributed by atoms with van der Waals surface area (Å²) in [4.78, 5) is 22.4. The fraction of sp³-hybridized carbons (Fsp3) is 0.333. The van der Waals surface area contributed by atoms with Crippen LogP contribution >= 0.6 is 0 Å². The molecule has 1 rings (SSSR count). The Kier molecular flexibility index (Phi) is 5.16. The molecule has 0 aliphatic carbocycles. The molecule has 0 unspecified atom stereocenters. The number of nitrogens with one attached hydrogen (secondary N) is 1. The van der Waals surface area contributed by atoms with Crippen LogP contribution in [0.5, 0.6) is 0 Å². The maximum Gasteiger partial charge on any atom is 0.361 e. The lowest BCUT2D eigenvalue weighted by Gasteiger charge is -2.04. The first-order valence-electron chi connectivity index (χ1n) is 5.37. The monoisotopic (exact) mass is 237 g/mol. The SMILES string of the molecule is COC(=O)C[NH2+]CNC(=O)c1ccc(C)cc1. The Bertz CT molecular complexity index is 387. The Morgan fingerprint density at radius 2 is 1.94 bits per heavy atom. The molecular weight excluding hydrogens is 220 g/mol. The maximum atomic E-state index is 11.6. The van der Waals surface area contributed by atoms with E-state index in [1.807, 2.05) is 19.1 Å². The van der Waals surface area contributed by atoms with Gasteiger partial charge in [0.05, 0.1) is 7.11 Å². The summed E-state index contributed by atoms with van der Waals surface area (Å²) in [6.45, 7) is 2.51. The van der Waals surface area contributed by atoms with Gasteiger partial charge in [-0.25, -0.2) is 4.79 Å². The van der Waals surface area contributed by atoms with Crippen LogP contribution in [0.4, 0.5) is 0 Å². The number of esters is 1. The summed E-state index contributed by atoms with van der Waals surface area (Å²) in [5.74, 6) is -0.458. The van der Waals surface area contributed by atoms with Gasteiger partial charge >= 0.3 is 5.97 Å². The Morgan fingerprint density at radius 1 is 1.29 bits per heavy atom. The summed E-state index contributed by atoms with van der Waals surface area (Å²) in [7, 11) is 1.33. The second-order valence-corrected chi connectivity index (χ2v) is 3.64. The number of carbonyl (C=O) groups excluding carboxylic acids is 2. The van der Waals surface area contributed by atoms with E-state index in [1.54, 1.807) is 17.4 Å². The molecule has 17 heavy (non-hydrogen) atoms. The number of benzene rings is 1. The number of hydrogen-bond donors (Lipinski definition) is 2. The van der Waals surface area contributed by atoms with Crippen LogP contribution in [-0.4, -0.2) is 32.2 Å². The Hall–Kier alpha value is -1.88. The van der Waals surface area contributed by atoms with Gasteiger partial charge in [-0.15, -0.1) is 0 Å². The van der Waals surface area contributed by atoms with Crippen LogP contribution in [0.25, 0.3) is 0 Å². The molecule has 0 heterocycles. The van der Waals surface area contributed by atoms with Gasteiger partial charge in [0.15, 0.2) is 13.2 Å². The quantitative estimate of drug-likeness (QED) is 0.409. The zero-order chi connectivity index (χ0) is 12.7. The third kappa shape index (κ3) is 4.65. The fourth-order valence-corrected chi connectivity index (χ4v) is 1.25. The summed E-state index contributed by atoms with van der Waals surface area (Å²) < 4.78 is 4.47. The Balaban J connectivity index is 2.30. The molecule has 0 aliphatic heterocycles. The zero-order valence-electron chi connectivity index (χ0n) is 10.0. The number of aryl methyl sites for hydroxylation is 1. The van der Waals surface area contributed by atoms with Crippen LogP contribution in [0.1, 0.15) is 15.9 Å². The van der Waals surface area contributed by atoms with Crippen molar-refractivity contribution in [3.63, 3.8) is 0 Å². The number of nitrogens with two attached hydrogens (primary N) is 1. The molecule has 5 heteroatoms. The standard InChI is InChI=1S/C12H16N2O3/c1-9-3-5-10(6-4-9)12(16)14-8-13-7-11(15)17-2/h3-6,13H,7-8H2,1-2H3,(H,14,16)/p+1. The van der Waals surface area contributed by atoms with E-state index >= 15 is 0 Å². The third-order valence-corrected chi connectivity index (χ3v) is 2.26. The van der Waals surface area contributed by atoms with Gasteiger partial charge in [0.25, 0.3) is 5.91 Å². The van der Waals surface area contributed by atoms with E-state index in [0.717, 1.165) is 5.56 Å². The van der Waals surface area contributed by atoms with E-state index in [9.17, 15) is 9.59 Å². The minimum atomic E-state index is -0.311. The van der Waals surface area contributed by atoms with Crippen molar-refractivity contribution in [3.05, 3.63) is 35.4 Å². The van der Waals surface area contributed by atoms with Crippen molar-refractivity contribution in [2.45, 2.75) is 6.92 Å². The predicted octanol–water partition coefficient (Wildman–Crippen LogP) is -0.581. The van der Waals surface area contributed by atoms with Crippen LogP contribution in [0.3, 0.4) is 0 Å². The van der Waals surface area contributed by atoms with Gasteiger partial charge < -0.3 is 15.4 Å². The molecule has 1 aromatic carbocycles. The molecule has 0 saturated carbocycles. The zero-order valence-corrected chi connectivity index (χ0v) is 10.0. The van der Waals surface area contributed by atoms with Crippen LogP contribution in [0.2, 0.25) is 0 Å². The van der Waals surface area contributed by atoms with E-state index in [-0.39, 0.29) is 18.4 Å². The normalized spacial score (nSPS) is 9.76. The summed E-state index contributed by atoms with van der Waals surface area (Å²) in [6, 6.07) is 7.30. The van der Waals surface area contributed by atoms with Crippen molar-refractivity contribution in [2.75, 3.05) is 20.3 Å². The van der Waals surface area contributed by atoms with Crippen molar-refractivity contribution < 1.29 is 19.6 Å². The fourth-order valence-electron chi connectivity index (χ4n) is 1.25.